The number of likely N-dealkylation sites (N-methyl/N-ethyl adjacent to an activating group) is 1. The summed E-state index contributed by atoms with van der Waals surface area (Å²) >= 11 is 0. The number of carbonyl (C=O) groups excluding carboxylic acids is 3. The molecule has 0 N–H and O–H groups in total. The Bertz CT molecular complexity index is 512. The van der Waals surface area contributed by atoms with Crippen LogP contribution in [-0.2, 0) is 14.4 Å². The summed E-state index contributed by atoms with van der Waals surface area (Å²) in [7, 11) is 1.83. The van der Waals surface area contributed by atoms with Gasteiger partial charge in [0.15, 0.2) is 0 Å². The number of nitrogens with zero attached hydrogens (tertiary/aromatic N) is 2. The van der Waals surface area contributed by atoms with E-state index in [1.54, 1.807) is 4.90 Å². The smallest absolute Gasteiger partial charge is 0.242 e. The Balaban J connectivity index is 1.43. The Hall–Kier alpha value is -1.39. The van der Waals surface area contributed by atoms with Gasteiger partial charge in [0.2, 0.25) is 17.7 Å². The van der Waals surface area contributed by atoms with Crippen LogP contribution in [0.25, 0.3) is 0 Å². The molecule has 5 heteroatoms. The molecule has 4 rings (SSSR count). The third-order valence-electron chi connectivity index (χ3n) is 6.83. The zero-order valence-corrected chi connectivity index (χ0v) is 13.9. The van der Waals surface area contributed by atoms with Crippen LogP contribution in [0.2, 0.25) is 0 Å². The molecular weight excluding hydrogens is 292 g/mol. The van der Waals surface area contributed by atoms with Crippen LogP contribution < -0.4 is 0 Å². The highest BCUT2D eigenvalue weighted by molar-refractivity contribution is 6.08. The van der Waals surface area contributed by atoms with Crippen molar-refractivity contribution in [2.24, 2.45) is 23.7 Å². The molecule has 0 unspecified atom stereocenters. The molecule has 0 aromatic heterocycles. The molecule has 0 radical (unpaired) electrons. The van der Waals surface area contributed by atoms with Gasteiger partial charge in [0.05, 0.1) is 11.8 Å². The lowest BCUT2D eigenvalue weighted by atomic mass is 9.81. The second kappa shape index (κ2) is 5.60. The van der Waals surface area contributed by atoms with Crippen LogP contribution in [0.15, 0.2) is 0 Å². The molecule has 0 spiro atoms. The molecule has 4 aliphatic rings. The van der Waals surface area contributed by atoms with E-state index in [4.69, 9.17) is 0 Å². The van der Waals surface area contributed by atoms with E-state index < -0.39 is 0 Å². The second-order valence-electron chi connectivity index (χ2n) is 7.94. The monoisotopic (exact) mass is 318 g/mol. The van der Waals surface area contributed by atoms with Crippen LogP contribution in [0.1, 0.15) is 51.4 Å². The number of fused-ring (bicyclic) bond motifs is 5. The summed E-state index contributed by atoms with van der Waals surface area (Å²) in [5.74, 6) is 0.319. The normalized spacial score (nSPS) is 36.7. The fourth-order valence-electron chi connectivity index (χ4n) is 5.55. The van der Waals surface area contributed by atoms with Crippen molar-refractivity contribution >= 4 is 17.7 Å². The van der Waals surface area contributed by atoms with Crippen molar-refractivity contribution in [2.75, 3.05) is 13.6 Å². The lowest BCUT2D eigenvalue weighted by Gasteiger charge is -2.32. The molecule has 3 saturated carbocycles. The first-order chi connectivity index (χ1) is 11.1. The lowest BCUT2D eigenvalue weighted by Crippen LogP contribution is -2.46. The zero-order chi connectivity index (χ0) is 16.1. The molecule has 3 aliphatic carbocycles. The van der Waals surface area contributed by atoms with Gasteiger partial charge >= 0.3 is 0 Å². The third kappa shape index (κ3) is 2.31. The van der Waals surface area contributed by atoms with E-state index >= 15 is 0 Å². The minimum Gasteiger partial charge on any atom is -0.341 e. The molecule has 1 heterocycles. The van der Waals surface area contributed by atoms with Crippen LogP contribution in [0, 0.1) is 23.7 Å². The summed E-state index contributed by atoms with van der Waals surface area (Å²) in [5.41, 5.74) is 0. The van der Waals surface area contributed by atoms with E-state index in [0.717, 1.165) is 44.9 Å². The Morgan fingerprint density at radius 2 is 1.57 bits per heavy atom. The van der Waals surface area contributed by atoms with Gasteiger partial charge < -0.3 is 4.90 Å². The Morgan fingerprint density at radius 3 is 2.13 bits per heavy atom. The number of carbonyl (C=O) groups is 3. The van der Waals surface area contributed by atoms with Crippen molar-refractivity contribution in [2.45, 2.75) is 57.4 Å². The summed E-state index contributed by atoms with van der Waals surface area (Å²) in [6.07, 6.45) is 8.85. The molecule has 2 bridgehead atoms. The maximum absolute atomic E-state index is 12.7. The van der Waals surface area contributed by atoms with Crippen LogP contribution in [-0.4, -0.2) is 47.2 Å². The topological polar surface area (TPSA) is 57.7 Å². The summed E-state index contributed by atoms with van der Waals surface area (Å²) < 4.78 is 0. The van der Waals surface area contributed by atoms with E-state index in [1.807, 2.05) is 7.05 Å². The summed E-state index contributed by atoms with van der Waals surface area (Å²) in [5, 5.41) is 0. The van der Waals surface area contributed by atoms with E-state index in [2.05, 4.69) is 0 Å². The van der Waals surface area contributed by atoms with E-state index in [-0.39, 0.29) is 42.1 Å². The standard InChI is InChI=1S/C18H26N2O3/c1-19(13-5-3-2-4-6-13)14(21)10-20-17(22)15-11-7-8-12(9-11)16(15)18(20)23/h11-13,15-16H,2-10H2,1H3/t11-,12-,15-,16-/m0/s1. The Labute approximate surface area is 137 Å². The van der Waals surface area contributed by atoms with Crippen molar-refractivity contribution in [3.63, 3.8) is 0 Å². The summed E-state index contributed by atoms with van der Waals surface area (Å²) in [6, 6.07) is 0.278. The quantitative estimate of drug-likeness (QED) is 0.746. The molecule has 0 aromatic carbocycles. The molecule has 4 fully saturated rings. The van der Waals surface area contributed by atoms with Crippen molar-refractivity contribution in [3.8, 4) is 0 Å². The number of amides is 3. The SMILES string of the molecule is CN(C(=O)CN1C(=O)[C@H]2[C@H]3CC[C@@H](C3)[C@@H]2C1=O)C1CCCCC1. The number of likely N-dealkylation sites (tertiary alicyclic amines) is 1. The third-order valence-corrected chi connectivity index (χ3v) is 6.83. The first kappa shape index (κ1) is 15.2. The van der Waals surface area contributed by atoms with Crippen LogP contribution in [0.3, 0.4) is 0 Å². The average molecular weight is 318 g/mol. The second-order valence-corrected chi connectivity index (χ2v) is 7.94. The highest BCUT2D eigenvalue weighted by Crippen LogP contribution is 2.56. The van der Waals surface area contributed by atoms with Crippen LogP contribution in [0.5, 0.6) is 0 Å². The maximum atomic E-state index is 12.7. The Kier molecular flexibility index (Phi) is 3.69. The predicted octanol–water partition coefficient (Wildman–Crippen LogP) is 1.81. The van der Waals surface area contributed by atoms with Gasteiger partial charge in [0, 0.05) is 13.1 Å². The van der Waals surface area contributed by atoms with Crippen molar-refractivity contribution < 1.29 is 14.4 Å². The lowest BCUT2D eigenvalue weighted by molar-refractivity contribution is -0.147. The van der Waals surface area contributed by atoms with Gasteiger partial charge in [-0.1, -0.05) is 19.3 Å². The number of imide groups is 1. The largest absolute Gasteiger partial charge is 0.341 e. The van der Waals surface area contributed by atoms with Crippen LogP contribution >= 0.6 is 0 Å². The van der Waals surface area contributed by atoms with Gasteiger partial charge in [0.25, 0.3) is 0 Å². The maximum Gasteiger partial charge on any atom is 0.242 e. The van der Waals surface area contributed by atoms with Gasteiger partial charge in [-0.3, -0.25) is 19.3 Å². The first-order valence-electron chi connectivity index (χ1n) is 9.19. The number of rotatable bonds is 3. The average Bonchev–Trinajstić information content (AvgIpc) is 3.24. The highest BCUT2D eigenvalue weighted by Gasteiger charge is 2.61. The van der Waals surface area contributed by atoms with Gasteiger partial charge in [0.1, 0.15) is 6.54 Å². The predicted molar refractivity (Wildman–Crippen MR) is 84.2 cm³/mol. The fraction of sp³-hybridized carbons (Fsp3) is 0.833. The van der Waals surface area contributed by atoms with Crippen molar-refractivity contribution in [1.82, 2.24) is 9.80 Å². The van der Waals surface area contributed by atoms with Gasteiger partial charge in [-0.05, 0) is 43.9 Å². The van der Waals surface area contributed by atoms with Gasteiger partial charge in [-0.2, -0.15) is 0 Å². The minimum absolute atomic E-state index is 0.0445. The van der Waals surface area contributed by atoms with E-state index in [0.29, 0.717) is 11.8 Å². The molecule has 1 aliphatic heterocycles. The zero-order valence-electron chi connectivity index (χ0n) is 13.9. The summed E-state index contributed by atoms with van der Waals surface area (Å²) in [4.78, 5) is 40.9. The number of hydrogen-bond acceptors (Lipinski definition) is 3. The molecule has 4 atom stereocenters. The fourth-order valence-corrected chi connectivity index (χ4v) is 5.55. The van der Waals surface area contributed by atoms with Gasteiger partial charge in [-0.25, -0.2) is 0 Å². The van der Waals surface area contributed by atoms with Crippen molar-refractivity contribution in [3.05, 3.63) is 0 Å². The van der Waals surface area contributed by atoms with E-state index in [9.17, 15) is 14.4 Å². The Morgan fingerprint density at radius 1 is 1.00 bits per heavy atom. The van der Waals surface area contributed by atoms with E-state index in [1.165, 1.54) is 11.3 Å². The molecule has 0 aromatic rings. The van der Waals surface area contributed by atoms with Gasteiger partial charge in [-0.15, -0.1) is 0 Å². The van der Waals surface area contributed by atoms with Crippen molar-refractivity contribution in [1.29, 1.82) is 0 Å². The number of hydrogen-bond donors (Lipinski definition) is 0. The molecule has 3 amide bonds. The minimum atomic E-state index is -0.117. The first-order valence-corrected chi connectivity index (χ1v) is 9.19. The molecule has 23 heavy (non-hydrogen) atoms. The molecule has 1 saturated heterocycles. The van der Waals surface area contributed by atoms with Crippen LogP contribution in [0.4, 0.5) is 0 Å². The highest BCUT2D eigenvalue weighted by atomic mass is 16.2. The summed E-state index contributed by atoms with van der Waals surface area (Å²) in [6.45, 7) is -0.0445. The molecular formula is C18H26N2O3. The molecule has 126 valence electrons. The molecule has 5 nitrogen and oxygen atoms in total.